The van der Waals surface area contributed by atoms with Crippen LogP contribution in [0.1, 0.15) is 32.1 Å². The maximum Gasteiger partial charge on any atom is 0.164 e. The van der Waals surface area contributed by atoms with Crippen LogP contribution < -0.4 is 11.1 Å². The van der Waals surface area contributed by atoms with Crippen molar-refractivity contribution < 1.29 is 0 Å². The normalized spacial score (nSPS) is 51.8. The molecule has 0 heterocycles. The molecule has 4 rings (SSSR count). The van der Waals surface area contributed by atoms with E-state index in [1.807, 2.05) is 0 Å². The largest absolute Gasteiger partial charge is 0.376 e. The van der Waals surface area contributed by atoms with Crippen molar-refractivity contribution in [1.29, 1.82) is 0 Å². The minimum absolute atomic E-state index is 0.181. The summed E-state index contributed by atoms with van der Waals surface area (Å²) < 4.78 is 0. The van der Waals surface area contributed by atoms with Crippen LogP contribution in [0.2, 0.25) is 0 Å². The molecule has 0 radical (unpaired) electrons. The highest BCUT2D eigenvalue weighted by atomic mass is 79.9. The van der Waals surface area contributed by atoms with E-state index in [-0.39, 0.29) is 5.54 Å². The summed E-state index contributed by atoms with van der Waals surface area (Å²) in [7, 11) is 0. The van der Waals surface area contributed by atoms with Gasteiger partial charge in [-0.15, -0.1) is 0 Å². The molecule has 0 aliphatic heterocycles. The van der Waals surface area contributed by atoms with Crippen molar-refractivity contribution >= 4 is 33.3 Å². The van der Waals surface area contributed by atoms with Gasteiger partial charge in [0.2, 0.25) is 0 Å². The fraction of sp³-hybridized carbons (Fsp3) is 0.909. The van der Waals surface area contributed by atoms with Crippen LogP contribution in [-0.2, 0) is 0 Å². The lowest BCUT2D eigenvalue weighted by atomic mass is 9.53. The van der Waals surface area contributed by atoms with Crippen LogP contribution in [0.25, 0.3) is 0 Å². The highest BCUT2D eigenvalue weighted by Crippen LogP contribution is 2.57. The van der Waals surface area contributed by atoms with E-state index in [1.165, 1.54) is 32.1 Å². The third-order valence-corrected chi connectivity index (χ3v) is 6.28. The zero-order valence-corrected chi connectivity index (χ0v) is 11.1. The number of halogens is 1. The number of alkyl halides is 1. The van der Waals surface area contributed by atoms with Gasteiger partial charge in [0.1, 0.15) is 0 Å². The van der Waals surface area contributed by atoms with Gasteiger partial charge in [0.25, 0.3) is 0 Å². The molecular weight excluding hydrogens is 272 g/mol. The van der Waals surface area contributed by atoms with Crippen molar-refractivity contribution in [3.8, 4) is 0 Å². The molecule has 3 N–H and O–H groups in total. The van der Waals surface area contributed by atoms with Crippen molar-refractivity contribution in [2.45, 2.75) is 42.5 Å². The van der Waals surface area contributed by atoms with Crippen molar-refractivity contribution in [2.75, 3.05) is 0 Å². The predicted octanol–water partition coefficient (Wildman–Crippen LogP) is 2.16. The summed E-state index contributed by atoms with van der Waals surface area (Å²) in [5.74, 6) is 2.68. The summed E-state index contributed by atoms with van der Waals surface area (Å²) in [5, 5.41) is 3.87. The van der Waals surface area contributed by atoms with Crippen molar-refractivity contribution in [3.05, 3.63) is 0 Å². The number of thiocarbonyl (C=S) groups is 1. The van der Waals surface area contributed by atoms with E-state index in [9.17, 15) is 0 Å². The first kappa shape index (κ1) is 10.3. The van der Waals surface area contributed by atoms with E-state index >= 15 is 0 Å². The molecule has 4 bridgehead atoms. The molecule has 3 atom stereocenters. The van der Waals surface area contributed by atoms with Gasteiger partial charge in [-0.1, -0.05) is 15.9 Å². The van der Waals surface area contributed by atoms with Crippen LogP contribution >= 0.6 is 28.1 Å². The molecular formula is C11H17BrN2S. The summed E-state index contributed by atoms with van der Waals surface area (Å²) >= 11 is 8.92. The molecule has 4 fully saturated rings. The van der Waals surface area contributed by atoms with E-state index < -0.39 is 0 Å². The molecule has 0 amide bonds. The average molecular weight is 289 g/mol. The molecule has 0 saturated heterocycles. The Balaban J connectivity index is 1.90. The molecule has 0 aromatic rings. The number of rotatable bonds is 1. The first-order valence-electron chi connectivity index (χ1n) is 5.81. The van der Waals surface area contributed by atoms with Gasteiger partial charge in [0, 0.05) is 4.83 Å². The van der Waals surface area contributed by atoms with Crippen molar-refractivity contribution in [3.63, 3.8) is 0 Å². The van der Waals surface area contributed by atoms with Gasteiger partial charge >= 0.3 is 0 Å². The number of hydrogen-bond donors (Lipinski definition) is 2. The lowest BCUT2D eigenvalue weighted by Gasteiger charge is -2.59. The van der Waals surface area contributed by atoms with Gasteiger partial charge in [-0.05, 0) is 62.1 Å². The number of nitrogens with two attached hydrogens (primary N) is 1. The quantitative estimate of drug-likeness (QED) is 0.574. The molecule has 84 valence electrons. The fourth-order valence-electron chi connectivity index (χ4n) is 4.39. The highest BCUT2D eigenvalue weighted by Gasteiger charge is 2.56. The second-order valence-electron chi connectivity index (χ2n) is 5.65. The van der Waals surface area contributed by atoms with Gasteiger partial charge in [-0.25, -0.2) is 0 Å². The van der Waals surface area contributed by atoms with Gasteiger partial charge in [-0.3, -0.25) is 0 Å². The first-order chi connectivity index (χ1) is 7.09. The highest BCUT2D eigenvalue weighted by molar-refractivity contribution is 9.09. The molecule has 0 aromatic heterocycles. The SMILES string of the molecule is NC(=S)NC12CC3CC(CC(C3)C1Br)C2. The lowest BCUT2D eigenvalue weighted by molar-refractivity contribution is -0.000689. The first-order valence-corrected chi connectivity index (χ1v) is 7.13. The van der Waals surface area contributed by atoms with Crippen molar-refractivity contribution in [1.82, 2.24) is 5.32 Å². The van der Waals surface area contributed by atoms with E-state index in [2.05, 4.69) is 21.2 Å². The lowest BCUT2D eigenvalue weighted by Crippen LogP contribution is -2.66. The Bertz CT molecular complexity index is 293. The third kappa shape index (κ3) is 1.52. The summed E-state index contributed by atoms with van der Waals surface area (Å²) in [4.78, 5) is 0.569. The zero-order chi connectivity index (χ0) is 10.6. The van der Waals surface area contributed by atoms with Gasteiger partial charge < -0.3 is 11.1 Å². The Morgan fingerprint density at radius 2 is 1.87 bits per heavy atom. The summed E-state index contributed by atoms with van der Waals surface area (Å²) in [6.07, 6.45) is 6.78. The minimum atomic E-state index is 0.181. The summed E-state index contributed by atoms with van der Waals surface area (Å²) in [5.41, 5.74) is 5.86. The van der Waals surface area contributed by atoms with Gasteiger partial charge in [0.05, 0.1) is 5.54 Å². The topological polar surface area (TPSA) is 38.0 Å². The van der Waals surface area contributed by atoms with Crippen LogP contribution in [0.4, 0.5) is 0 Å². The van der Waals surface area contributed by atoms with Crippen molar-refractivity contribution in [2.24, 2.45) is 23.5 Å². The molecule has 0 spiro atoms. The standard InChI is InChI=1S/C11H17BrN2S/c12-9-8-2-6-1-7(3-8)5-11(9,4-6)14-10(13)15/h6-9H,1-5H2,(H3,13,14,15). The number of hydrogen-bond acceptors (Lipinski definition) is 1. The smallest absolute Gasteiger partial charge is 0.164 e. The maximum absolute atomic E-state index is 5.68. The van der Waals surface area contributed by atoms with Crippen LogP contribution in [-0.4, -0.2) is 15.5 Å². The third-order valence-electron chi connectivity index (χ3n) is 4.56. The molecule has 3 unspecified atom stereocenters. The fourth-order valence-corrected chi connectivity index (χ4v) is 5.52. The molecule has 4 heteroatoms. The second-order valence-corrected chi connectivity index (χ2v) is 7.08. The molecule has 15 heavy (non-hydrogen) atoms. The van der Waals surface area contributed by atoms with Gasteiger partial charge in [0.15, 0.2) is 5.11 Å². The zero-order valence-electron chi connectivity index (χ0n) is 8.71. The van der Waals surface area contributed by atoms with E-state index in [4.69, 9.17) is 18.0 Å². The van der Waals surface area contributed by atoms with Crippen LogP contribution in [0.15, 0.2) is 0 Å². The summed E-state index contributed by atoms with van der Waals surface area (Å²) in [6, 6.07) is 0. The minimum Gasteiger partial charge on any atom is -0.376 e. The Morgan fingerprint density at radius 1 is 1.27 bits per heavy atom. The molecule has 0 aromatic carbocycles. The van der Waals surface area contributed by atoms with E-state index in [0.29, 0.717) is 9.94 Å². The Morgan fingerprint density at radius 3 is 2.40 bits per heavy atom. The predicted molar refractivity (Wildman–Crippen MR) is 68.9 cm³/mol. The van der Waals surface area contributed by atoms with Gasteiger partial charge in [-0.2, -0.15) is 0 Å². The molecule has 4 aliphatic rings. The van der Waals surface area contributed by atoms with E-state index in [1.54, 1.807) is 0 Å². The van der Waals surface area contributed by atoms with Crippen LogP contribution in [0.3, 0.4) is 0 Å². The molecule has 2 nitrogen and oxygen atoms in total. The van der Waals surface area contributed by atoms with Crippen LogP contribution in [0, 0.1) is 17.8 Å². The second kappa shape index (κ2) is 3.33. The Kier molecular flexibility index (Phi) is 2.29. The summed E-state index contributed by atoms with van der Waals surface area (Å²) in [6.45, 7) is 0. The van der Waals surface area contributed by atoms with Crippen LogP contribution in [0.5, 0.6) is 0 Å². The maximum atomic E-state index is 5.68. The number of nitrogens with one attached hydrogen (secondary N) is 1. The molecule has 4 saturated carbocycles. The monoisotopic (exact) mass is 288 g/mol. The average Bonchev–Trinajstić information content (AvgIpc) is 2.11. The van der Waals surface area contributed by atoms with E-state index in [0.717, 1.165) is 17.8 Å². The molecule has 4 aliphatic carbocycles. The Hall–Kier alpha value is 0.170. The Labute approximate surface area is 104 Å².